The van der Waals surface area contributed by atoms with E-state index in [0.717, 1.165) is 0 Å². The van der Waals surface area contributed by atoms with Gasteiger partial charge in [0, 0.05) is 5.56 Å². The fourth-order valence-electron chi connectivity index (χ4n) is 0.980. The molecule has 1 amide bonds. The lowest BCUT2D eigenvalue weighted by atomic mass is 10.2. The molecule has 3 N–H and O–H groups in total. The van der Waals surface area contributed by atoms with Crippen LogP contribution in [0.15, 0.2) is 29.2 Å². The zero-order valence-corrected chi connectivity index (χ0v) is 9.12. The van der Waals surface area contributed by atoms with Crippen LogP contribution in [0.3, 0.4) is 0 Å². The third kappa shape index (κ3) is 3.08. The van der Waals surface area contributed by atoms with Crippen LogP contribution < -0.4 is 10.5 Å². The van der Waals surface area contributed by atoms with Crippen LogP contribution in [0.1, 0.15) is 5.56 Å². The van der Waals surface area contributed by atoms with Gasteiger partial charge in [0.05, 0.1) is 11.4 Å². The summed E-state index contributed by atoms with van der Waals surface area (Å²) in [6.45, 7) is -0.431. The van der Waals surface area contributed by atoms with E-state index in [0.29, 0.717) is 5.56 Å². The molecule has 0 aliphatic rings. The molecule has 0 aliphatic carbocycles. The van der Waals surface area contributed by atoms with Gasteiger partial charge in [-0.1, -0.05) is 5.92 Å². The molecule has 0 fully saturated rings. The Labute approximate surface area is 93.7 Å². The Hall–Kier alpha value is -1.84. The summed E-state index contributed by atoms with van der Waals surface area (Å²) in [7, 11) is -3.70. The van der Waals surface area contributed by atoms with Gasteiger partial charge in [0.1, 0.15) is 0 Å². The molecule has 0 spiro atoms. The molecule has 1 rings (SSSR count). The molecule has 1 aromatic rings. The summed E-state index contributed by atoms with van der Waals surface area (Å²) in [5.41, 5.74) is 5.41. The van der Waals surface area contributed by atoms with Crippen molar-refractivity contribution in [2.75, 3.05) is 6.54 Å². The van der Waals surface area contributed by atoms with Gasteiger partial charge < -0.3 is 5.73 Å². The van der Waals surface area contributed by atoms with Crippen molar-refractivity contribution in [2.45, 2.75) is 4.90 Å². The molecule has 0 unspecified atom stereocenters. The average Bonchev–Trinajstić information content (AvgIpc) is 2.27. The number of carbonyl (C=O) groups is 1. The van der Waals surface area contributed by atoms with Crippen molar-refractivity contribution in [3.63, 3.8) is 0 Å². The molecule has 0 heterocycles. The number of sulfonamides is 1. The Morgan fingerprint density at radius 3 is 2.38 bits per heavy atom. The molecule has 0 aliphatic heterocycles. The maximum atomic E-state index is 11.6. The van der Waals surface area contributed by atoms with Crippen LogP contribution in [-0.4, -0.2) is 20.9 Å². The molecule has 0 bridgehead atoms. The van der Waals surface area contributed by atoms with E-state index in [-0.39, 0.29) is 4.90 Å². The third-order valence-corrected chi connectivity index (χ3v) is 3.18. The van der Waals surface area contributed by atoms with Gasteiger partial charge >= 0.3 is 0 Å². The molecule has 6 heteroatoms. The van der Waals surface area contributed by atoms with E-state index in [1.807, 2.05) is 0 Å². The first kappa shape index (κ1) is 12.2. The molecule has 0 radical (unpaired) electrons. The van der Waals surface area contributed by atoms with Crippen molar-refractivity contribution in [2.24, 2.45) is 5.73 Å². The van der Waals surface area contributed by atoms with Gasteiger partial charge in [-0.2, -0.15) is 0 Å². The lowest BCUT2D eigenvalue weighted by Crippen LogP contribution is -2.33. The second-order valence-corrected chi connectivity index (χ2v) is 4.73. The summed E-state index contributed by atoms with van der Waals surface area (Å²) in [5, 5.41) is 0. The van der Waals surface area contributed by atoms with Gasteiger partial charge in [0.25, 0.3) is 0 Å². The zero-order valence-electron chi connectivity index (χ0n) is 8.30. The van der Waals surface area contributed by atoms with Gasteiger partial charge in [0.2, 0.25) is 15.9 Å². The van der Waals surface area contributed by atoms with Crippen LogP contribution in [0.5, 0.6) is 0 Å². The molecular formula is C10H10N2O3S. The van der Waals surface area contributed by atoms with E-state index in [1.54, 1.807) is 0 Å². The predicted octanol–water partition coefficient (Wildman–Crippen LogP) is -0.568. The molecule has 0 aromatic heterocycles. The molecule has 84 valence electrons. The molecule has 16 heavy (non-hydrogen) atoms. The largest absolute Gasteiger partial charge is 0.369 e. The molecule has 1 aromatic carbocycles. The minimum Gasteiger partial charge on any atom is -0.369 e. The van der Waals surface area contributed by atoms with Gasteiger partial charge in [-0.15, -0.1) is 6.42 Å². The second kappa shape index (κ2) is 4.79. The van der Waals surface area contributed by atoms with E-state index in [4.69, 9.17) is 12.2 Å². The van der Waals surface area contributed by atoms with Crippen LogP contribution >= 0.6 is 0 Å². The van der Waals surface area contributed by atoms with E-state index in [1.165, 1.54) is 24.3 Å². The van der Waals surface area contributed by atoms with Crippen molar-refractivity contribution in [1.82, 2.24) is 4.72 Å². The fraction of sp³-hybridized carbons (Fsp3) is 0.100. The van der Waals surface area contributed by atoms with Crippen molar-refractivity contribution in [3.05, 3.63) is 29.8 Å². The van der Waals surface area contributed by atoms with E-state index in [9.17, 15) is 13.2 Å². The maximum absolute atomic E-state index is 11.6. The smallest absolute Gasteiger partial charge is 0.241 e. The Balaban J connectivity index is 2.91. The highest BCUT2D eigenvalue weighted by Crippen LogP contribution is 2.09. The Morgan fingerprint density at radius 1 is 1.38 bits per heavy atom. The first-order valence-electron chi connectivity index (χ1n) is 4.30. The van der Waals surface area contributed by atoms with Crippen LogP contribution in [0, 0.1) is 12.3 Å². The monoisotopic (exact) mass is 238 g/mol. The number of terminal acetylenes is 1. The van der Waals surface area contributed by atoms with Crippen LogP contribution in [0.25, 0.3) is 0 Å². The van der Waals surface area contributed by atoms with Crippen molar-refractivity contribution < 1.29 is 13.2 Å². The maximum Gasteiger partial charge on any atom is 0.241 e. The number of amides is 1. The number of hydrogen-bond donors (Lipinski definition) is 2. The predicted molar refractivity (Wildman–Crippen MR) is 58.8 cm³/mol. The molecule has 0 atom stereocenters. The standard InChI is InChI=1S/C10H10N2O3S/c1-2-8-3-5-9(6-4-8)16(14,15)12-7-10(11)13/h1,3-6,12H,7H2,(H2,11,13). The SMILES string of the molecule is C#Cc1ccc(S(=O)(=O)NCC(N)=O)cc1. The second-order valence-electron chi connectivity index (χ2n) is 2.96. The minimum atomic E-state index is -3.70. The number of benzene rings is 1. The quantitative estimate of drug-likeness (QED) is 0.688. The van der Waals surface area contributed by atoms with Crippen molar-refractivity contribution in [3.8, 4) is 12.3 Å². The molecular weight excluding hydrogens is 228 g/mol. The number of carbonyl (C=O) groups excluding carboxylic acids is 1. The van der Waals surface area contributed by atoms with E-state index < -0.39 is 22.5 Å². The van der Waals surface area contributed by atoms with Crippen molar-refractivity contribution in [1.29, 1.82) is 0 Å². The van der Waals surface area contributed by atoms with Gasteiger partial charge in [0.15, 0.2) is 0 Å². The van der Waals surface area contributed by atoms with E-state index >= 15 is 0 Å². The Bertz CT molecular complexity index is 526. The molecule has 0 saturated carbocycles. The highest BCUT2D eigenvalue weighted by atomic mass is 32.2. The zero-order chi connectivity index (χ0) is 12.2. The van der Waals surface area contributed by atoms with Crippen LogP contribution in [0.4, 0.5) is 0 Å². The molecule has 5 nitrogen and oxygen atoms in total. The third-order valence-electron chi connectivity index (χ3n) is 1.77. The summed E-state index contributed by atoms with van der Waals surface area (Å²) < 4.78 is 25.2. The number of hydrogen-bond acceptors (Lipinski definition) is 3. The number of nitrogens with one attached hydrogen (secondary N) is 1. The van der Waals surface area contributed by atoms with Crippen LogP contribution in [0.2, 0.25) is 0 Å². The summed E-state index contributed by atoms with van der Waals surface area (Å²) in [6.07, 6.45) is 5.13. The van der Waals surface area contributed by atoms with Crippen molar-refractivity contribution >= 4 is 15.9 Å². The number of nitrogens with two attached hydrogens (primary N) is 1. The first-order chi connectivity index (χ1) is 7.45. The van der Waals surface area contributed by atoms with Gasteiger partial charge in [-0.05, 0) is 24.3 Å². The normalized spacial score (nSPS) is 10.7. The van der Waals surface area contributed by atoms with Gasteiger partial charge in [-0.25, -0.2) is 13.1 Å². The average molecular weight is 238 g/mol. The topological polar surface area (TPSA) is 89.3 Å². The Morgan fingerprint density at radius 2 is 1.94 bits per heavy atom. The summed E-state index contributed by atoms with van der Waals surface area (Å²) in [4.78, 5) is 10.5. The number of primary amides is 1. The summed E-state index contributed by atoms with van der Waals surface area (Å²) in [5.74, 6) is 1.62. The lowest BCUT2D eigenvalue weighted by Gasteiger charge is -2.04. The van der Waals surface area contributed by atoms with Gasteiger partial charge in [-0.3, -0.25) is 4.79 Å². The highest BCUT2D eigenvalue weighted by Gasteiger charge is 2.13. The minimum absolute atomic E-state index is 0.0350. The summed E-state index contributed by atoms with van der Waals surface area (Å²) >= 11 is 0. The fourth-order valence-corrected chi connectivity index (χ4v) is 1.97. The van der Waals surface area contributed by atoms with E-state index in [2.05, 4.69) is 10.6 Å². The molecule has 0 saturated heterocycles. The number of rotatable bonds is 4. The van der Waals surface area contributed by atoms with Crippen LogP contribution in [-0.2, 0) is 14.8 Å². The first-order valence-corrected chi connectivity index (χ1v) is 5.78. The highest BCUT2D eigenvalue weighted by molar-refractivity contribution is 7.89. The summed E-state index contributed by atoms with van der Waals surface area (Å²) in [6, 6.07) is 5.72. The lowest BCUT2D eigenvalue weighted by molar-refractivity contribution is -0.116. The Kier molecular flexibility index (Phi) is 3.66.